The average molecular weight is 289 g/mol. The summed E-state index contributed by atoms with van der Waals surface area (Å²) < 4.78 is 26.4. The lowest BCUT2D eigenvalue weighted by molar-refractivity contribution is 0.572. The van der Waals surface area contributed by atoms with Gasteiger partial charge in [0.2, 0.25) is 0 Å². The van der Waals surface area contributed by atoms with Gasteiger partial charge in [-0.2, -0.15) is 0 Å². The van der Waals surface area contributed by atoms with Gasteiger partial charge < -0.3 is 5.32 Å². The number of rotatable bonds is 4. The molecule has 1 aromatic carbocycles. The Morgan fingerprint density at radius 2 is 1.95 bits per heavy atom. The quantitative estimate of drug-likeness (QED) is 0.938. The summed E-state index contributed by atoms with van der Waals surface area (Å²) in [4.78, 5) is 8.60. The highest BCUT2D eigenvalue weighted by Crippen LogP contribution is 2.24. The molecule has 2 aromatic rings. The minimum atomic E-state index is -0.547. The summed E-state index contributed by atoms with van der Waals surface area (Å²) in [6.07, 6.45) is 6.38. The van der Waals surface area contributed by atoms with Crippen molar-refractivity contribution in [3.63, 3.8) is 0 Å². The number of nitrogens with one attached hydrogen (secondary N) is 1. The van der Waals surface area contributed by atoms with Crippen LogP contribution in [-0.4, -0.2) is 16.5 Å². The van der Waals surface area contributed by atoms with Gasteiger partial charge in [-0.15, -0.1) is 0 Å². The second kappa shape index (κ2) is 6.16. The van der Waals surface area contributed by atoms with Gasteiger partial charge in [0.15, 0.2) is 0 Å². The molecule has 0 bridgehead atoms. The summed E-state index contributed by atoms with van der Waals surface area (Å²) >= 11 is 0. The highest BCUT2D eigenvalue weighted by molar-refractivity contribution is 5.47. The zero-order valence-corrected chi connectivity index (χ0v) is 11.7. The van der Waals surface area contributed by atoms with Crippen molar-refractivity contribution in [1.29, 1.82) is 0 Å². The van der Waals surface area contributed by atoms with Crippen LogP contribution in [0.15, 0.2) is 24.5 Å². The van der Waals surface area contributed by atoms with Gasteiger partial charge in [0.25, 0.3) is 0 Å². The molecule has 5 heteroatoms. The molecule has 0 aliphatic heterocycles. The molecular formula is C16H17F2N3. The molecule has 1 aliphatic rings. The number of halogens is 2. The second-order valence-electron chi connectivity index (χ2n) is 5.27. The lowest BCUT2D eigenvalue weighted by Gasteiger charge is -2.18. The third kappa shape index (κ3) is 3.17. The summed E-state index contributed by atoms with van der Waals surface area (Å²) in [5, 5.41) is 3.25. The van der Waals surface area contributed by atoms with Gasteiger partial charge >= 0.3 is 0 Å². The van der Waals surface area contributed by atoms with Crippen molar-refractivity contribution in [3.05, 3.63) is 53.0 Å². The van der Waals surface area contributed by atoms with E-state index in [4.69, 9.17) is 0 Å². The van der Waals surface area contributed by atoms with E-state index >= 15 is 0 Å². The molecule has 1 aliphatic carbocycles. The van der Waals surface area contributed by atoms with E-state index in [1.807, 2.05) is 0 Å². The number of anilines is 1. The minimum Gasteiger partial charge on any atom is -0.369 e. The average Bonchev–Trinajstić information content (AvgIpc) is 2.50. The fourth-order valence-electron chi connectivity index (χ4n) is 2.71. The smallest absolute Gasteiger partial charge is 0.132 e. The standard InChI is InChI=1S/C16H17F2N3/c17-12-6-5-11(14(18)9-12)7-8-19-16-13-3-1-2-4-15(13)20-10-21-16/h5-6,9-10H,1-4,7-8H2,(H,19,20,21). The van der Waals surface area contributed by atoms with E-state index in [0.29, 0.717) is 18.5 Å². The van der Waals surface area contributed by atoms with Crippen LogP contribution in [0.2, 0.25) is 0 Å². The molecule has 0 spiro atoms. The Labute approximate surface area is 122 Å². The lowest BCUT2D eigenvalue weighted by atomic mass is 9.96. The molecule has 0 saturated carbocycles. The van der Waals surface area contributed by atoms with Crippen LogP contribution in [0.5, 0.6) is 0 Å². The zero-order chi connectivity index (χ0) is 14.7. The zero-order valence-electron chi connectivity index (χ0n) is 11.7. The van der Waals surface area contributed by atoms with Gasteiger partial charge in [0.05, 0.1) is 0 Å². The molecular weight excluding hydrogens is 272 g/mol. The molecule has 3 rings (SSSR count). The summed E-state index contributed by atoms with van der Waals surface area (Å²) in [6, 6.07) is 3.69. The Hall–Kier alpha value is -2.04. The maximum atomic E-state index is 13.6. The molecule has 110 valence electrons. The SMILES string of the molecule is Fc1ccc(CCNc2ncnc3c2CCCC3)c(F)c1. The van der Waals surface area contributed by atoms with E-state index in [0.717, 1.165) is 36.8 Å². The first-order valence-corrected chi connectivity index (χ1v) is 7.24. The molecule has 0 radical (unpaired) electrons. The van der Waals surface area contributed by atoms with Gasteiger partial charge in [0, 0.05) is 23.9 Å². The Kier molecular flexibility index (Phi) is 4.08. The monoisotopic (exact) mass is 289 g/mol. The van der Waals surface area contributed by atoms with Crippen LogP contribution in [0.25, 0.3) is 0 Å². The van der Waals surface area contributed by atoms with E-state index in [1.54, 1.807) is 6.33 Å². The van der Waals surface area contributed by atoms with Crippen molar-refractivity contribution in [2.45, 2.75) is 32.1 Å². The molecule has 21 heavy (non-hydrogen) atoms. The van der Waals surface area contributed by atoms with Crippen LogP contribution in [0, 0.1) is 11.6 Å². The fraction of sp³-hybridized carbons (Fsp3) is 0.375. The van der Waals surface area contributed by atoms with Crippen LogP contribution < -0.4 is 5.32 Å². The number of aromatic nitrogens is 2. The summed E-state index contributed by atoms with van der Waals surface area (Å²) in [6.45, 7) is 0.562. The Morgan fingerprint density at radius 3 is 2.81 bits per heavy atom. The molecule has 0 amide bonds. The van der Waals surface area contributed by atoms with E-state index in [1.165, 1.54) is 24.1 Å². The van der Waals surface area contributed by atoms with Crippen molar-refractivity contribution in [2.24, 2.45) is 0 Å². The van der Waals surface area contributed by atoms with Crippen LogP contribution in [0.3, 0.4) is 0 Å². The lowest BCUT2D eigenvalue weighted by Crippen LogP contribution is -2.14. The number of fused-ring (bicyclic) bond motifs is 1. The van der Waals surface area contributed by atoms with Crippen molar-refractivity contribution in [3.8, 4) is 0 Å². The van der Waals surface area contributed by atoms with Gasteiger partial charge in [-0.05, 0) is 43.7 Å². The molecule has 0 unspecified atom stereocenters. The first-order chi connectivity index (χ1) is 10.2. The predicted molar refractivity (Wildman–Crippen MR) is 77.2 cm³/mol. The number of aryl methyl sites for hydroxylation is 1. The molecule has 1 N–H and O–H groups in total. The van der Waals surface area contributed by atoms with E-state index in [9.17, 15) is 8.78 Å². The Bertz CT molecular complexity index is 643. The normalized spacial score (nSPS) is 13.8. The molecule has 0 saturated heterocycles. The third-order valence-electron chi connectivity index (χ3n) is 3.83. The Morgan fingerprint density at radius 1 is 1.10 bits per heavy atom. The van der Waals surface area contributed by atoms with Gasteiger partial charge in [-0.25, -0.2) is 18.7 Å². The van der Waals surface area contributed by atoms with Gasteiger partial charge in [0.1, 0.15) is 23.8 Å². The topological polar surface area (TPSA) is 37.8 Å². The predicted octanol–water partition coefficient (Wildman–Crippen LogP) is 3.29. The highest BCUT2D eigenvalue weighted by Gasteiger charge is 2.15. The number of hydrogen-bond acceptors (Lipinski definition) is 3. The number of nitrogens with zero attached hydrogens (tertiary/aromatic N) is 2. The minimum absolute atomic E-state index is 0.491. The maximum absolute atomic E-state index is 13.6. The van der Waals surface area contributed by atoms with Crippen LogP contribution in [0.4, 0.5) is 14.6 Å². The first-order valence-electron chi connectivity index (χ1n) is 7.24. The van der Waals surface area contributed by atoms with E-state index in [2.05, 4.69) is 15.3 Å². The van der Waals surface area contributed by atoms with Crippen LogP contribution in [-0.2, 0) is 19.3 Å². The van der Waals surface area contributed by atoms with Gasteiger partial charge in [-0.1, -0.05) is 6.07 Å². The van der Waals surface area contributed by atoms with Crippen molar-refractivity contribution < 1.29 is 8.78 Å². The maximum Gasteiger partial charge on any atom is 0.132 e. The summed E-state index contributed by atoms with van der Waals surface area (Å²) in [5.41, 5.74) is 2.81. The number of benzene rings is 1. The molecule has 1 heterocycles. The van der Waals surface area contributed by atoms with Crippen LogP contribution >= 0.6 is 0 Å². The van der Waals surface area contributed by atoms with Gasteiger partial charge in [-0.3, -0.25) is 0 Å². The van der Waals surface area contributed by atoms with Crippen molar-refractivity contribution in [1.82, 2.24) is 9.97 Å². The molecule has 3 nitrogen and oxygen atoms in total. The van der Waals surface area contributed by atoms with Crippen molar-refractivity contribution in [2.75, 3.05) is 11.9 Å². The highest BCUT2D eigenvalue weighted by atomic mass is 19.1. The molecule has 0 atom stereocenters. The van der Waals surface area contributed by atoms with Crippen molar-refractivity contribution >= 4 is 5.82 Å². The fourth-order valence-corrected chi connectivity index (χ4v) is 2.71. The number of hydrogen-bond donors (Lipinski definition) is 1. The second-order valence-corrected chi connectivity index (χ2v) is 5.27. The summed E-state index contributed by atoms with van der Waals surface area (Å²) in [7, 11) is 0. The Balaban J connectivity index is 1.65. The largest absolute Gasteiger partial charge is 0.369 e. The van der Waals surface area contributed by atoms with E-state index < -0.39 is 11.6 Å². The van der Waals surface area contributed by atoms with E-state index in [-0.39, 0.29) is 0 Å². The third-order valence-corrected chi connectivity index (χ3v) is 3.83. The van der Waals surface area contributed by atoms with Crippen LogP contribution in [0.1, 0.15) is 29.7 Å². The first kappa shape index (κ1) is 13.9. The molecule has 1 aromatic heterocycles. The molecule has 0 fully saturated rings. The summed E-state index contributed by atoms with van der Waals surface area (Å²) in [5.74, 6) is -0.196.